The van der Waals surface area contributed by atoms with E-state index in [1.807, 2.05) is 6.92 Å². The van der Waals surface area contributed by atoms with E-state index in [1.54, 1.807) is 0 Å². The predicted molar refractivity (Wildman–Crippen MR) is 61.6 cm³/mol. The van der Waals surface area contributed by atoms with Crippen molar-refractivity contribution in [1.82, 2.24) is 5.32 Å². The van der Waals surface area contributed by atoms with Crippen molar-refractivity contribution in [3.63, 3.8) is 0 Å². The van der Waals surface area contributed by atoms with Gasteiger partial charge in [0.15, 0.2) is 0 Å². The molecule has 0 saturated carbocycles. The highest BCUT2D eigenvalue weighted by Gasteiger charge is 2.31. The van der Waals surface area contributed by atoms with E-state index in [2.05, 4.69) is 5.32 Å². The van der Waals surface area contributed by atoms with Crippen LogP contribution in [-0.2, 0) is 19.1 Å². The molecule has 0 bridgehead atoms. The number of carbonyl (C=O) groups is 3. The summed E-state index contributed by atoms with van der Waals surface area (Å²) in [5, 5.41) is 11.3. The number of nitrogens with one attached hydrogen (secondary N) is 1. The molecule has 7 heteroatoms. The van der Waals surface area contributed by atoms with E-state index in [1.165, 1.54) is 0 Å². The molecule has 1 aliphatic rings. The molecular formula is C11H18N2O5. The maximum absolute atomic E-state index is 11.7. The first-order valence-electron chi connectivity index (χ1n) is 5.87. The van der Waals surface area contributed by atoms with Gasteiger partial charge in [0.05, 0.1) is 6.10 Å². The van der Waals surface area contributed by atoms with E-state index in [0.29, 0.717) is 6.42 Å². The van der Waals surface area contributed by atoms with E-state index in [0.717, 1.165) is 6.42 Å². The van der Waals surface area contributed by atoms with E-state index >= 15 is 0 Å². The van der Waals surface area contributed by atoms with Crippen LogP contribution in [0.15, 0.2) is 0 Å². The highest BCUT2D eigenvalue weighted by atomic mass is 16.5. The van der Waals surface area contributed by atoms with Gasteiger partial charge < -0.3 is 20.9 Å². The summed E-state index contributed by atoms with van der Waals surface area (Å²) in [5.41, 5.74) is 4.94. The second-order valence-corrected chi connectivity index (χ2v) is 4.42. The number of amides is 2. The Morgan fingerprint density at radius 1 is 1.44 bits per heavy atom. The van der Waals surface area contributed by atoms with Crippen molar-refractivity contribution in [2.24, 2.45) is 5.73 Å². The molecular weight excluding hydrogens is 240 g/mol. The number of ether oxygens (including phenoxy) is 1. The summed E-state index contributed by atoms with van der Waals surface area (Å²) in [7, 11) is 0. The number of carbonyl (C=O) groups excluding carboxylic acids is 2. The molecule has 3 atom stereocenters. The summed E-state index contributed by atoms with van der Waals surface area (Å²) < 4.78 is 5.33. The fourth-order valence-corrected chi connectivity index (χ4v) is 1.80. The van der Waals surface area contributed by atoms with Crippen LogP contribution in [-0.4, -0.2) is 41.1 Å². The second kappa shape index (κ2) is 6.34. The maximum atomic E-state index is 11.7. The van der Waals surface area contributed by atoms with Crippen LogP contribution in [0.5, 0.6) is 0 Å². The third-order valence-corrected chi connectivity index (χ3v) is 2.82. The average Bonchev–Trinajstić information content (AvgIpc) is 2.70. The summed E-state index contributed by atoms with van der Waals surface area (Å²) in [5.74, 6) is -2.23. The average molecular weight is 258 g/mol. The Morgan fingerprint density at radius 2 is 2.11 bits per heavy atom. The van der Waals surface area contributed by atoms with Crippen molar-refractivity contribution in [1.29, 1.82) is 0 Å². The molecule has 1 heterocycles. The molecule has 0 radical (unpaired) electrons. The van der Waals surface area contributed by atoms with Gasteiger partial charge in [-0.25, -0.2) is 4.79 Å². The third kappa shape index (κ3) is 4.33. The van der Waals surface area contributed by atoms with Gasteiger partial charge in [-0.3, -0.25) is 9.59 Å². The van der Waals surface area contributed by atoms with Crippen molar-refractivity contribution in [2.45, 2.75) is 50.9 Å². The molecule has 1 fully saturated rings. The van der Waals surface area contributed by atoms with Crippen molar-refractivity contribution >= 4 is 17.8 Å². The van der Waals surface area contributed by atoms with E-state index in [4.69, 9.17) is 15.6 Å². The summed E-state index contributed by atoms with van der Waals surface area (Å²) in [6.07, 6.45) is 0.662. The summed E-state index contributed by atoms with van der Waals surface area (Å²) in [6.45, 7) is 1.86. The van der Waals surface area contributed by atoms with Gasteiger partial charge in [0.2, 0.25) is 11.8 Å². The zero-order chi connectivity index (χ0) is 13.7. The SMILES string of the molecule is CC1CCC(C(=O)N[C@@H](CCC(N)=O)C(=O)O)O1. The Bertz CT molecular complexity index is 344. The lowest BCUT2D eigenvalue weighted by atomic mass is 10.1. The normalized spacial score (nSPS) is 24.5. The molecule has 1 saturated heterocycles. The van der Waals surface area contributed by atoms with E-state index < -0.39 is 29.9 Å². The Hall–Kier alpha value is -1.63. The lowest BCUT2D eigenvalue weighted by Gasteiger charge is -2.17. The number of primary amides is 1. The monoisotopic (exact) mass is 258 g/mol. The smallest absolute Gasteiger partial charge is 0.326 e. The minimum absolute atomic E-state index is 0.00893. The van der Waals surface area contributed by atoms with Crippen LogP contribution < -0.4 is 11.1 Å². The maximum Gasteiger partial charge on any atom is 0.326 e. The Labute approximate surface area is 105 Å². The molecule has 0 aromatic carbocycles. The van der Waals surface area contributed by atoms with Gasteiger partial charge >= 0.3 is 5.97 Å². The van der Waals surface area contributed by atoms with Crippen molar-refractivity contribution < 1.29 is 24.2 Å². The van der Waals surface area contributed by atoms with Gasteiger partial charge in [-0.2, -0.15) is 0 Å². The molecule has 1 rings (SSSR count). The van der Waals surface area contributed by atoms with Gasteiger partial charge in [-0.1, -0.05) is 0 Å². The first-order valence-corrected chi connectivity index (χ1v) is 5.87. The van der Waals surface area contributed by atoms with Crippen LogP contribution in [0.3, 0.4) is 0 Å². The van der Waals surface area contributed by atoms with Crippen molar-refractivity contribution in [3.8, 4) is 0 Å². The molecule has 0 spiro atoms. The first-order chi connectivity index (χ1) is 8.40. The predicted octanol–water partition coefficient (Wildman–Crippen LogP) is -0.611. The fourth-order valence-electron chi connectivity index (χ4n) is 1.80. The molecule has 2 unspecified atom stereocenters. The number of carboxylic acids is 1. The summed E-state index contributed by atoms with van der Waals surface area (Å²) in [6, 6.07) is -1.11. The lowest BCUT2D eigenvalue weighted by Crippen LogP contribution is -2.45. The quantitative estimate of drug-likeness (QED) is 0.587. The van der Waals surface area contributed by atoms with Crippen LogP contribution in [0.2, 0.25) is 0 Å². The van der Waals surface area contributed by atoms with Gasteiger partial charge in [-0.05, 0) is 26.2 Å². The highest BCUT2D eigenvalue weighted by Crippen LogP contribution is 2.19. The molecule has 7 nitrogen and oxygen atoms in total. The summed E-state index contributed by atoms with van der Waals surface area (Å²) >= 11 is 0. The van der Waals surface area contributed by atoms with Crippen molar-refractivity contribution in [2.75, 3.05) is 0 Å². The lowest BCUT2D eigenvalue weighted by molar-refractivity contribution is -0.144. The van der Waals surface area contributed by atoms with Gasteiger partial charge in [-0.15, -0.1) is 0 Å². The molecule has 2 amide bonds. The topological polar surface area (TPSA) is 119 Å². The number of hydrogen-bond acceptors (Lipinski definition) is 4. The van der Waals surface area contributed by atoms with Crippen LogP contribution >= 0.6 is 0 Å². The number of aliphatic carboxylic acids is 1. The Morgan fingerprint density at radius 3 is 2.56 bits per heavy atom. The molecule has 0 aromatic heterocycles. The van der Waals surface area contributed by atoms with E-state index in [9.17, 15) is 14.4 Å². The van der Waals surface area contributed by atoms with Crippen LogP contribution in [0.25, 0.3) is 0 Å². The van der Waals surface area contributed by atoms with Gasteiger partial charge in [0.25, 0.3) is 0 Å². The molecule has 1 aliphatic heterocycles. The van der Waals surface area contributed by atoms with Crippen LogP contribution in [0, 0.1) is 0 Å². The van der Waals surface area contributed by atoms with Crippen LogP contribution in [0.4, 0.5) is 0 Å². The Kier molecular flexibility index (Phi) is 5.08. The number of carboxylic acid groups (broad SMARTS) is 1. The summed E-state index contributed by atoms with van der Waals surface area (Å²) in [4.78, 5) is 33.3. The highest BCUT2D eigenvalue weighted by molar-refractivity contribution is 5.86. The van der Waals surface area contributed by atoms with E-state index in [-0.39, 0.29) is 18.9 Å². The molecule has 4 N–H and O–H groups in total. The zero-order valence-corrected chi connectivity index (χ0v) is 10.2. The van der Waals surface area contributed by atoms with Gasteiger partial charge in [0, 0.05) is 6.42 Å². The molecule has 18 heavy (non-hydrogen) atoms. The van der Waals surface area contributed by atoms with Crippen LogP contribution in [0.1, 0.15) is 32.6 Å². The largest absolute Gasteiger partial charge is 0.480 e. The number of rotatable bonds is 6. The second-order valence-electron chi connectivity index (χ2n) is 4.42. The Balaban J connectivity index is 2.47. The zero-order valence-electron chi connectivity index (χ0n) is 10.2. The minimum Gasteiger partial charge on any atom is -0.480 e. The fraction of sp³-hybridized carbons (Fsp3) is 0.727. The van der Waals surface area contributed by atoms with Gasteiger partial charge in [0.1, 0.15) is 12.1 Å². The first kappa shape index (κ1) is 14.4. The third-order valence-electron chi connectivity index (χ3n) is 2.82. The van der Waals surface area contributed by atoms with Crippen molar-refractivity contribution in [3.05, 3.63) is 0 Å². The minimum atomic E-state index is -1.18. The number of nitrogens with two attached hydrogens (primary N) is 1. The molecule has 102 valence electrons. The number of hydrogen-bond donors (Lipinski definition) is 3. The molecule has 0 aliphatic carbocycles. The standard InChI is InChI=1S/C11H18N2O5/c1-6-2-4-8(18-6)10(15)13-7(11(16)17)3-5-9(12)14/h6-8H,2-5H2,1H3,(H2,12,14)(H,13,15)(H,16,17)/t6?,7-,8?/m0/s1. The molecule has 0 aromatic rings.